The van der Waals surface area contributed by atoms with Gasteiger partial charge in [-0.2, -0.15) is 0 Å². The fourth-order valence-electron chi connectivity index (χ4n) is 4.41. The number of carbonyl (C=O) groups is 3. The zero-order chi connectivity index (χ0) is 26.9. The number of ether oxygens (including phenoxy) is 1. The van der Waals surface area contributed by atoms with Crippen molar-refractivity contribution in [1.82, 2.24) is 14.7 Å². The summed E-state index contributed by atoms with van der Waals surface area (Å²) in [5.74, 6) is -0.812. The minimum atomic E-state index is -0.960. The lowest BCUT2D eigenvalue weighted by molar-refractivity contribution is -0.143. The van der Waals surface area contributed by atoms with E-state index < -0.39 is 17.6 Å². The Morgan fingerprint density at radius 1 is 1.11 bits per heavy atom. The third-order valence-corrected chi connectivity index (χ3v) is 6.38. The van der Waals surface area contributed by atoms with E-state index >= 15 is 0 Å². The van der Waals surface area contributed by atoms with Crippen LogP contribution in [0.2, 0.25) is 0 Å². The SMILES string of the molecule is COC(=O)CC1Nc2cc(NC(C)(C)C(=O)c3ccc(-n4[nH]c(C)cc4=O)cc3)ccc2CN(C)C1=O. The summed E-state index contributed by atoms with van der Waals surface area (Å²) in [6.07, 6.45) is -0.0923. The molecule has 0 bridgehead atoms. The van der Waals surface area contributed by atoms with Crippen molar-refractivity contribution in [2.75, 3.05) is 24.8 Å². The lowest BCUT2D eigenvalue weighted by Gasteiger charge is -2.27. The number of fused-ring (bicyclic) bond motifs is 1. The number of nitrogens with zero attached hydrogens (tertiary/aromatic N) is 2. The molecule has 10 heteroatoms. The van der Waals surface area contributed by atoms with Crippen molar-refractivity contribution in [3.63, 3.8) is 0 Å². The number of nitrogens with one attached hydrogen (secondary N) is 3. The predicted octanol–water partition coefficient (Wildman–Crippen LogP) is 2.86. The monoisotopic (exact) mass is 505 g/mol. The molecule has 0 saturated heterocycles. The molecule has 0 fully saturated rings. The normalized spacial score (nSPS) is 15.4. The molecule has 10 nitrogen and oxygen atoms in total. The van der Waals surface area contributed by atoms with Crippen LogP contribution in [0.1, 0.15) is 41.9 Å². The number of amides is 1. The van der Waals surface area contributed by atoms with Gasteiger partial charge in [0.15, 0.2) is 5.78 Å². The van der Waals surface area contributed by atoms with E-state index in [2.05, 4.69) is 15.7 Å². The Balaban J connectivity index is 1.53. The van der Waals surface area contributed by atoms with E-state index in [9.17, 15) is 19.2 Å². The molecule has 37 heavy (non-hydrogen) atoms. The maximum atomic E-state index is 13.4. The van der Waals surface area contributed by atoms with Crippen molar-refractivity contribution in [1.29, 1.82) is 0 Å². The molecule has 1 amide bonds. The van der Waals surface area contributed by atoms with E-state index in [-0.39, 0.29) is 23.7 Å². The molecule has 1 aromatic heterocycles. The number of aromatic nitrogens is 2. The Hall–Kier alpha value is -4.34. The Labute approximate surface area is 214 Å². The molecule has 3 N–H and O–H groups in total. The number of hydrogen-bond donors (Lipinski definition) is 3. The van der Waals surface area contributed by atoms with Gasteiger partial charge in [-0.1, -0.05) is 6.07 Å². The summed E-state index contributed by atoms with van der Waals surface area (Å²) in [7, 11) is 2.98. The summed E-state index contributed by atoms with van der Waals surface area (Å²) >= 11 is 0. The van der Waals surface area contributed by atoms with E-state index in [4.69, 9.17) is 4.74 Å². The highest BCUT2D eigenvalue weighted by Crippen LogP contribution is 2.29. The molecular formula is C27H31N5O5. The number of rotatable bonds is 7. The minimum Gasteiger partial charge on any atom is -0.469 e. The van der Waals surface area contributed by atoms with Crippen molar-refractivity contribution >= 4 is 29.0 Å². The molecule has 194 valence electrons. The van der Waals surface area contributed by atoms with E-state index in [1.807, 2.05) is 18.2 Å². The van der Waals surface area contributed by atoms with E-state index in [1.165, 1.54) is 17.9 Å². The summed E-state index contributed by atoms with van der Waals surface area (Å²) in [5, 5.41) is 9.44. The number of aromatic amines is 1. The first kappa shape index (κ1) is 25.7. The molecule has 0 aliphatic carbocycles. The first-order valence-electron chi connectivity index (χ1n) is 11.9. The van der Waals surface area contributed by atoms with Crippen molar-refractivity contribution in [3.8, 4) is 5.69 Å². The molecular weight excluding hydrogens is 474 g/mol. The number of ketones is 1. The van der Waals surface area contributed by atoms with Gasteiger partial charge in [-0.05, 0) is 62.7 Å². The number of Topliss-reactive ketones (excluding diaryl/α,β-unsaturated/α-hetero) is 1. The van der Waals surface area contributed by atoms with Crippen LogP contribution in [0.4, 0.5) is 11.4 Å². The second-order valence-electron chi connectivity index (χ2n) is 9.78. The average Bonchev–Trinajstić information content (AvgIpc) is 3.15. The lowest BCUT2D eigenvalue weighted by atomic mass is 9.92. The van der Waals surface area contributed by atoms with Crippen LogP contribution in [0.25, 0.3) is 5.69 Å². The molecule has 0 saturated carbocycles. The maximum absolute atomic E-state index is 13.4. The zero-order valence-corrected chi connectivity index (χ0v) is 21.5. The van der Waals surface area contributed by atoms with Crippen LogP contribution in [-0.2, 0) is 20.9 Å². The van der Waals surface area contributed by atoms with E-state index in [0.717, 1.165) is 11.3 Å². The largest absolute Gasteiger partial charge is 0.469 e. The highest BCUT2D eigenvalue weighted by atomic mass is 16.5. The molecule has 3 aromatic rings. The lowest BCUT2D eigenvalue weighted by Crippen LogP contribution is -2.40. The number of aryl methyl sites for hydroxylation is 1. The number of esters is 1. The molecule has 2 aromatic carbocycles. The van der Waals surface area contributed by atoms with E-state index in [1.54, 1.807) is 57.0 Å². The van der Waals surface area contributed by atoms with Crippen LogP contribution in [0.5, 0.6) is 0 Å². The number of methoxy groups -OCH3 is 1. The van der Waals surface area contributed by atoms with Crippen LogP contribution in [0, 0.1) is 6.92 Å². The topological polar surface area (TPSA) is 126 Å². The van der Waals surface area contributed by atoms with Crippen LogP contribution < -0.4 is 16.2 Å². The minimum absolute atomic E-state index is 0.0923. The van der Waals surface area contributed by atoms with Crippen LogP contribution in [0.3, 0.4) is 0 Å². The quantitative estimate of drug-likeness (QED) is 0.333. The van der Waals surface area contributed by atoms with Gasteiger partial charge < -0.3 is 20.3 Å². The molecule has 2 heterocycles. The molecule has 1 aliphatic rings. The Morgan fingerprint density at radius 3 is 2.43 bits per heavy atom. The third kappa shape index (κ3) is 5.42. The first-order chi connectivity index (χ1) is 17.5. The molecule has 1 aliphatic heterocycles. The van der Waals surface area contributed by atoms with E-state index in [0.29, 0.717) is 29.2 Å². The summed E-state index contributed by atoms with van der Waals surface area (Å²) in [4.78, 5) is 51.6. The van der Waals surface area contributed by atoms with Gasteiger partial charge in [0.05, 0.1) is 24.8 Å². The van der Waals surface area contributed by atoms with Gasteiger partial charge in [-0.25, -0.2) is 4.68 Å². The van der Waals surface area contributed by atoms with Crippen molar-refractivity contribution in [2.45, 2.75) is 45.3 Å². The van der Waals surface area contributed by atoms with Crippen LogP contribution in [0.15, 0.2) is 53.3 Å². The summed E-state index contributed by atoms with van der Waals surface area (Å²) in [6.45, 7) is 5.77. The Morgan fingerprint density at radius 2 is 1.81 bits per heavy atom. The van der Waals surface area contributed by atoms with Gasteiger partial charge in [0.2, 0.25) is 5.91 Å². The molecule has 0 spiro atoms. The summed E-state index contributed by atoms with van der Waals surface area (Å²) in [5.41, 5.74) is 3.03. The van der Waals surface area contributed by atoms with Gasteiger partial charge in [0.1, 0.15) is 6.04 Å². The number of carbonyl (C=O) groups excluding carboxylic acids is 3. The molecule has 0 radical (unpaired) electrons. The smallest absolute Gasteiger partial charge is 0.308 e. The number of anilines is 2. The maximum Gasteiger partial charge on any atom is 0.308 e. The van der Waals surface area contributed by atoms with Crippen molar-refractivity contribution < 1.29 is 19.1 Å². The van der Waals surface area contributed by atoms with Gasteiger partial charge in [0, 0.05) is 42.3 Å². The Kier molecular flexibility index (Phi) is 6.93. The van der Waals surface area contributed by atoms with Crippen LogP contribution in [-0.4, -0.2) is 58.1 Å². The number of benzene rings is 2. The first-order valence-corrected chi connectivity index (χ1v) is 11.9. The highest BCUT2D eigenvalue weighted by molar-refractivity contribution is 6.04. The van der Waals surface area contributed by atoms with Crippen molar-refractivity contribution in [2.24, 2.45) is 0 Å². The number of H-pyrrole nitrogens is 1. The van der Waals surface area contributed by atoms with Gasteiger partial charge in [0.25, 0.3) is 5.56 Å². The highest BCUT2D eigenvalue weighted by Gasteiger charge is 2.31. The van der Waals surface area contributed by atoms with Gasteiger partial charge in [-0.3, -0.25) is 24.3 Å². The van der Waals surface area contributed by atoms with Crippen molar-refractivity contribution in [3.05, 3.63) is 75.7 Å². The molecule has 4 rings (SSSR count). The standard InChI is InChI=1S/C27H31N5O5/c1-16-12-23(33)32(30-16)20-10-7-17(8-11-20)25(35)27(2,3)29-19-9-6-18-15-31(4)26(36)22(14-24(34)37-5)28-21(18)13-19/h6-13,22,28-30H,14-15H2,1-5H3. The number of likely N-dealkylation sites (N-methyl/N-ethyl adjacent to an activating group) is 1. The summed E-state index contributed by atoms with van der Waals surface area (Å²) < 4.78 is 6.17. The number of hydrogen-bond acceptors (Lipinski definition) is 7. The molecule has 1 unspecified atom stereocenters. The van der Waals surface area contributed by atoms with Gasteiger partial charge in [-0.15, -0.1) is 0 Å². The average molecular weight is 506 g/mol. The third-order valence-electron chi connectivity index (χ3n) is 6.38. The summed E-state index contributed by atoms with van der Waals surface area (Å²) in [6, 6.07) is 13.2. The fourth-order valence-corrected chi connectivity index (χ4v) is 4.41. The van der Waals surface area contributed by atoms with Gasteiger partial charge >= 0.3 is 5.97 Å². The Bertz CT molecular complexity index is 1400. The molecule has 1 atom stereocenters. The second-order valence-corrected chi connectivity index (χ2v) is 9.78. The fraction of sp³-hybridized carbons (Fsp3) is 0.333. The predicted molar refractivity (Wildman–Crippen MR) is 140 cm³/mol. The zero-order valence-electron chi connectivity index (χ0n) is 21.5. The second kappa shape index (κ2) is 9.96. The van der Waals surface area contributed by atoms with Crippen LogP contribution >= 0.6 is 0 Å².